The van der Waals surface area contributed by atoms with Crippen LogP contribution in [-0.4, -0.2) is 96.9 Å². The molecular weight excluding hydrogens is 985 g/mol. The highest BCUT2D eigenvalue weighted by Gasteiger charge is 2.46. The first-order valence-corrected chi connectivity index (χ1v) is 28.3. The van der Waals surface area contributed by atoms with E-state index in [0.29, 0.717) is 12.8 Å². The summed E-state index contributed by atoms with van der Waals surface area (Å²) in [4.78, 5) is 61.9. The van der Waals surface area contributed by atoms with Gasteiger partial charge in [0, 0.05) is 19.0 Å². The third-order valence-electron chi connectivity index (χ3n) is 10.8. The number of hydrogen-bond donors (Lipinski definition) is 6. The molecule has 19 nitrogen and oxygen atoms in total. The summed E-state index contributed by atoms with van der Waals surface area (Å²) in [5, 5.41) is 31.3. The second-order valence-electron chi connectivity index (χ2n) is 17.1. The number of ether oxygens (including phenoxy) is 3. The standard InChI is InChI=1S/C52H81N3O16P2/c1-3-5-7-9-11-13-15-17-19-21-22-24-26-28-30-32-34-43(56)36-37-48(58)69-44(40-66-47(57)35-33-31-29-27-25-23-20-18-16-14-12-10-8-6-4-2)41-67-72(62,63)71-73(64,65)68-42-45-49(59)50(60)51(70-45)55-39-38-46(53)54-52(55)61/h5,7,11-14,17-20,22,24,28,30,32,34,38-39,43-45,49-51,56,59-60H,3-4,6,8-10,15-16,21,23,25-27,29,31,33,35-37,40-42H2,1-2H3,(H,62,63)(H,64,65)(H2,53,54,61)/b7-5-,13-11-,14-12-,19-17-,20-18-,24-22-,30-28-,34-32-/t43?,44-,45-,49-,50-,51-/m1/s1. The number of rotatable bonds is 40. The molecule has 73 heavy (non-hydrogen) atoms. The molecule has 21 heteroatoms. The molecule has 0 aliphatic carbocycles. The van der Waals surface area contributed by atoms with Crippen LogP contribution in [-0.2, 0) is 46.3 Å². The molecule has 2 heterocycles. The number of carbonyl (C=O) groups is 2. The van der Waals surface area contributed by atoms with E-state index in [9.17, 15) is 48.6 Å². The Morgan fingerprint density at radius 1 is 0.740 bits per heavy atom. The van der Waals surface area contributed by atoms with E-state index >= 15 is 0 Å². The lowest BCUT2D eigenvalue weighted by molar-refractivity contribution is -0.161. The quantitative estimate of drug-likeness (QED) is 0.0117. The third kappa shape index (κ3) is 31.9. The molecule has 1 aliphatic rings. The zero-order valence-corrected chi connectivity index (χ0v) is 44.3. The molecule has 0 aromatic carbocycles. The van der Waals surface area contributed by atoms with Gasteiger partial charge in [0.2, 0.25) is 0 Å². The van der Waals surface area contributed by atoms with Gasteiger partial charge >= 0.3 is 33.3 Å². The molecule has 0 spiro atoms. The first-order valence-electron chi connectivity index (χ1n) is 25.4. The fourth-order valence-corrected chi connectivity index (χ4v) is 8.91. The number of carbonyl (C=O) groups excluding carboxylic acids is 2. The third-order valence-corrected chi connectivity index (χ3v) is 13.4. The van der Waals surface area contributed by atoms with E-state index in [0.717, 1.165) is 81.4 Å². The fraction of sp³-hybridized carbons (Fsp3) is 0.577. The first kappa shape index (κ1) is 64.8. The topological polar surface area (TPSA) is 286 Å². The molecule has 1 aliphatic heterocycles. The molecular formula is C52H81N3O16P2. The summed E-state index contributed by atoms with van der Waals surface area (Å²) in [5.74, 6) is -1.62. The molecule has 0 bridgehead atoms. The maximum atomic E-state index is 12.9. The van der Waals surface area contributed by atoms with Gasteiger partial charge in [-0.15, -0.1) is 0 Å². The van der Waals surface area contributed by atoms with Gasteiger partial charge < -0.3 is 45.1 Å². The lowest BCUT2D eigenvalue weighted by Gasteiger charge is -2.21. The van der Waals surface area contributed by atoms with Crippen LogP contribution in [0.1, 0.15) is 142 Å². The van der Waals surface area contributed by atoms with Gasteiger partial charge in [-0.2, -0.15) is 9.29 Å². The highest BCUT2D eigenvalue weighted by molar-refractivity contribution is 7.61. The minimum atomic E-state index is -5.49. The normalized spacial score (nSPS) is 20.2. The van der Waals surface area contributed by atoms with Crippen molar-refractivity contribution < 1.29 is 71.4 Å². The number of esters is 2. The number of phosphoric acid groups is 2. The first-order chi connectivity index (χ1) is 35.1. The van der Waals surface area contributed by atoms with Gasteiger partial charge in [0.25, 0.3) is 0 Å². The molecule has 8 atom stereocenters. The van der Waals surface area contributed by atoms with Gasteiger partial charge in [0.1, 0.15) is 30.7 Å². The smallest absolute Gasteiger partial charge is 0.462 e. The summed E-state index contributed by atoms with van der Waals surface area (Å²) in [6.45, 7) is 1.75. The molecule has 0 radical (unpaired) electrons. The van der Waals surface area contributed by atoms with Gasteiger partial charge in [0.05, 0.1) is 19.3 Å². The van der Waals surface area contributed by atoms with E-state index in [4.69, 9.17) is 29.0 Å². The van der Waals surface area contributed by atoms with Crippen LogP contribution in [0.25, 0.3) is 0 Å². The van der Waals surface area contributed by atoms with Crippen LogP contribution in [0.15, 0.2) is 114 Å². The molecule has 1 saturated heterocycles. The molecule has 7 N–H and O–H groups in total. The lowest BCUT2D eigenvalue weighted by Crippen LogP contribution is -2.36. The Labute approximate surface area is 431 Å². The number of unbranched alkanes of at least 4 members (excludes halogenated alkanes) is 8. The molecule has 410 valence electrons. The number of aliphatic hydroxyl groups is 3. The van der Waals surface area contributed by atoms with Crippen molar-refractivity contribution in [3.63, 3.8) is 0 Å². The molecule has 1 fully saturated rings. The highest BCUT2D eigenvalue weighted by Crippen LogP contribution is 2.60. The average Bonchev–Trinajstić information content (AvgIpc) is 3.63. The number of allylic oxidation sites excluding steroid dienone is 15. The summed E-state index contributed by atoms with van der Waals surface area (Å²) < 4.78 is 56.5. The van der Waals surface area contributed by atoms with Gasteiger partial charge in [0.15, 0.2) is 12.3 Å². The molecule has 0 saturated carbocycles. The maximum absolute atomic E-state index is 12.9. The molecule has 0 amide bonds. The SMILES string of the molecule is CC/C=C\C/C=C\C/C=C\C/C=C\C/C=C\C=C/C(O)CCC(=O)O[C@H](COC(=O)CCCCCCC/C=C\C/C=C\CCCCC)COP(=O)(O)OP(=O)(O)OC[C@H]1O[C@@H](n2ccc(N)nc2=O)[C@H](O)[C@@H]1O. The van der Waals surface area contributed by atoms with Crippen LogP contribution in [0.5, 0.6) is 0 Å². The Bertz CT molecular complexity index is 2120. The van der Waals surface area contributed by atoms with Gasteiger partial charge in [-0.25, -0.2) is 13.9 Å². The summed E-state index contributed by atoms with van der Waals surface area (Å²) in [6, 6.07) is 1.23. The summed E-state index contributed by atoms with van der Waals surface area (Å²) in [6.07, 6.45) is 39.5. The van der Waals surface area contributed by atoms with Crippen LogP contribution in [0.2, 0.25) is 0 Å². The second kappa shape index (κ2) is 39.1. The molecule has 1 aromatic heterocycles. The number of hydrogen-bond acceptors (Lipinski definition) is 16. The monoisotopic (exact) mass is 1070 g/mol. The van der Waals surface area contributed by atoms with Crippen molar-refractivity contribution in [3.8, 4) is 0 Å². The van der Waals surface area contributed by atoms with Gasteiger partial charge in [-0.1, -0.05) is 143 Å². The van der Waals surface area contributed by atoms with Crippen LogP contribution >= 0.6 is 15.6 Å². The van der Waals surface area contributed by atoms with Crippen molar-refractivity contribution in [1.29, 1.82) is 0 Å². The second-order valence-corrected chi connectivity index (χ2v) is 20.2. The molecule has 3 unspecified atom stereocenters. The average molecular weight is 1070 g/mol. The Morgan fingerprint density at radius 3 is 1.95 bits per heavy atom. The summed E-state index contributed by atoms with van der Waals surface area (Å²) >= 11 is 0. The Morgan fingerprint density at radius 2 is 1.32 bits per heavy atom. The van der Waals surface area contributed by atoms with Gasteiger partial charge in [-0.3, -0.25) is 23.2 Å². The van der Waals surface area contributed by atoms with Crippen molar-refractivity contribution in [1.82, 2.24) is 9.55 Å². The Kier molecular flexibility index (Phi) is 34.7. The number of nitrogens with two attached hydrogens (primary N) is 1. The molecule has 2 rings (SSSR count). The number of aromatic nitrogens is 2. The number of nitrogens with zero attached hydrogens (tertiary/aromatic N) is 2. The van der Waals surface area contributed by atoms with Crippen molar-refractivity contribution >= 4 is 33.4 Å². The minimum Gasteiger partial charge on any atom is -0.462 e. The zero-order chi connectivity index (χ0) is 53.6. The van der Waals surface area contributed by atoms with Crippen LogP contribution < -0.4 is 11.4 Å². The molecule has 1 aromatic rings. The van der Waals surface area contributed by atoms with Gasteiger partial charge in [-0.05, 0) is 83.1 Å². The van der Waals surface area contributed by atoms with Crippen molar-refractivity contribution in [2.75, 3.05) is 25.6 Å². The number of phosphoric ester groups is 2. The fourth-order valence-electron chi connectivity index (χ4n) is 6.80. The van der Waals surface area contributed by atoms with E-state index in [1.807, 2.05) is 12.2 Å². The van der Waals surface area contributed by atoms with Crippen LogP contribution in [0.3, 0.4) is 0 Å². The minimum absolute atomic E-state index is 0.0554. The van der Waals surface area contributed by atoms with E-state index in [1.165, 1.54) is 31.4 Å². The summed E-state index contributed by atoms with van der Waals surface area (Å²) in [5.41, 5.74) is 4.56. The Hall–Kier alpha value is -4.36. The van der Waals surface area contributed by atoms with E-state index in [-0.39, 0.29) is 25.1 Å². The van der Waals surface area contributed by atoms with E-state index < -0.39 is 89.8 Å². The number of aliphatic hydroxyl groups excluding tert-OH is 3. The van der Waals surface area contributed by atoms with E-state index in [1.54, 1.807) is 12.2 Å². The maximum Gasteiger partial charge on any atom is 0.481 e. The van der Waals surface area contributed by atoms with Crippen LogP contribution in [0, 0.1) is 0 Å². The lowest BCUT2D eigenvalue weighted by atomic mass is 10.1. The highest BCUT2D eigenvalue weighted by atomic mass is 31.3. The van der Waals surface area contributed by atoms with E-state index in [2.05, 4.69) is 90.0 Å². The van der Waals surface area contributed by atoms with Crippen LogP contribution in [0.4, 0.5) is 5.82 Å². The van der Waals surface area contributed by atoms with Crippen molar-refractivity contribution in [2.24, 2.45) is 0 Å². The number of anilines is 1. The largest absolute Gasteiger partial charge is 0.481 e. The predicted molar refractivity (Wildman–Crippen MR) is 281 cm³/mol. The zero-order valence-electron chi connectivity index (χ0n) is 42.5. The number of nitrogen functional groups attached to an aromatic ring is 1. The van der Waals surface area contributed by atoms with Crippen molar-refractivity contribution in [3.05, 3.63) is 120 Å². The van der Waals surface area contributed by atoms with Crippen molar-refractivity contribution in [2.45, 2.75) is 173 Å². The predicted octanol–water partition coefficient (Wildman–Crippen LogP) is 9.41. The Balaban J connectivity index is 1.88. The summed E-state index contributed by atoms with van der Waals surface area (Å²) in [7, 11) is -11.0.